The fourth-order valence-corrected chi connectivity index (χ4v) is 2.59. The number of ether oxygens (including phenoxy) is 1. The van der Waals surface area contributed by atoms with E-state index in [2.05, 4.69) is 36.5 Å². The Labute approximate surface area is 121 Å². The molecule has 1 aliphatic heterocycles. The lowest BCUT2D eigenvalue weighted by atomic mass is 10.1. The summed E-state index contributed by atoms with van der Waals surface area (Å²) in [6.07, 6.45) is -0.0615. The van der Waals surface area contributed by atoms with Gasteiger partial charge < -0.3 is 9.64 Å². The first kappa shape index (κ1) is 15.0. The number of benzene rings is 1. The van der Waals surface area contributed by atoms with Gasteiger partial charge in [0.2, 0.25) is 5.91 Å². The van der Waals surface area contributed by atoms with Crippen molar-refractivity contribution in [2.45, 2.75) is 45.9 Å². The van der Waals surface area contributed by atoms with Gasteiger partial charge in [-0.3, -0.25) is 10.1 Å². The molecule has 3 unspecified atom stereocenters. The Morgan fingerprint density at radius 2 is 2.00 bits per heavy atom. The van der Waals surface area contributed by atoms with Crippen molar-refractivity contribution in [2.75, 3.05) is 13.2 Å². The molecule has 1 heterocycles. The van der Waals surface area contributed by atoms with Crippen LogP contribution in [0.15, 0.2) is 24.3 Å². The molecule has 1 aliphatic rings. The second kappa shape index (κ2) is 6.37. The van der Waals surface area contributed by atoms with Crippen molar-refractivity contribution in [3.05, 3.63) is 35.4 Å². The standard InChI is InChI=1S/C16H24N2O2/c1-5-20-10-12(3)18-15(17-13(4)16(18)19)14-8-6-11(2)7-9-14/h6-9,12-13,15,17H,5,10H2,1-4H3. The molecule has 110 valence electrons. The molecule has 0 bridgehead atoms. The van der Waals surface area contributed by atoms with Crippen molar-refractivity contribution in [1.29, 1.82) is 0 Å². The van der Waals surface area contributed by atoms with Crippen LogP contribution in [0.2, 0.25) is 0 Å². The van der Waals surface area contributed by atoms with Crippen LogP contribution in [0.5, 0.6) is 0 Å². The van der Waals surface area contributed by atoms with E-state index in [-0.39, 0.29) is 24.2 Å². The van der Waals surface area contributed by atoms with E-state index >= 15 is 0 Å². The Balaban J connectivity index is 2.21. The largest absolute Gasteiger partial charge is 0.380 e. The fraction of sp³-hybridized carbons (Fsp3) is 0.562. The molecular formula is C16H24N2O2. The average Bonchev–Trinajstić information content (AvgIpc) is 2.73. The highest BCUT2D eigenvalue weighted by Gasteiger charge is 2.39. The topological polar surface area (TPSA) is 41.6 Å². The summed E-state index contributed by atoms with van der Waals surface area (Å²) < 4.78 is 5.47. The van der Waals surface area contributed by atoms with Gasteiger partial charge in [-0.2, -0.15) is 0 Å². The van der Waals surface area contributed by atoms with Crippen LogP contribution in [0.1, 0.15) is 38.1 Å². The van der Waals surface area contributed by atoms with E-state index in [0.717, 1.165) is 5.56 Å². The third-order valence-electron chi connectivity index (χ3n) is 3.74. The highest BCUT2D eigenvalue weighted by molar-refractivity contribution is 5.84. The van der Waals surface area contributed by atoms with Gasteiger partial charge in [0.1, 0.15) is 6.17 Å². The SMILES string of the molecule is CCOCC(C)N1C(=O)C(C)NC1c1ccc(C)cc1. The maximum atomic E-state index is 12.4. The molecule has 0 spiro atoms. The second-order valence-corrected chi connectivity index (χ2v) is 5.46. The lowest BCUT2D eigenvalue weighted by molar-refractivity contribution is -0.133. The zero-order valence-corrected chi connectivity index (χ0v) is 12.7. The monoisotopic (exact) mass is 276 g/mol. The molecule has 2 rings (SSSR count). The normalized spacial score (nSPS) is 24.2. The summed E-state index contributed by atoms with van der Waals surface area (Å²) in [7, 11) is 0. The number of aryl methyl sites for hydroxylation is 1. The molecule has 3 atom stereocenters. The fourth-order valence-electron chi connectivity index (χ4n) is 2.59. The molecule has 0 aliphatic carbocycles. The molecular weight excluding hydrogens is 252 g/mol. The van der Waals surface area contributed by atoms with Crippen LogP contribution in [-0.2, 0) is 9.53 Å². The van der Waals surface area contributed by atoms with E-state index in [1.165, 1.54) is 5.56 Å². The minimum atomic E-state index is -0.148. The quantitative estimate of drug-likeness (QED) is 0.896. The smallest absolute Gasteiger partial charge is 0.241 e. The van der Waals surface area contributed by atoms with Gasteiger partial charge in [0.15, 0.2) is 0 Å². The van der Waals surface area contributed by atoms with Crippen LogP contribution in [-0.4, -0.2) is 36.1 Å². The Morgan fingerprint density at radius 1 is 1.35 bits per heavy atom. The first-order valence-electron chi connectivity index (χ1n) is 7.27. The van der Waals surface area contributed by atoms with Crippen molar-refractivity contribution >= 4 is 5.91 Å². The maximum Gasteiger partial charge on any atom is 0.241 e. The van der Waals surface area contributed by atoms with Crippen LogP contribution < -0.4 is 5.32 Å². The van der Waals surface area contributed by atoms with Gasteiger partial charge in [-0.05, 0) is 33.3 Å². The van der Waals surface area contributed by atoms with E-state index in [0.29, 0.717) is 13.2 Å². The van der Waals surface area contributed by atoms with Gasteiger partial charge in [-0.25, -0.2) is 0 Å². The lowest BCUT2D eigenvalue weighted by Gasteiger charge is -2.30. The lowest BCUT2D eigenvalue weighted by Crippen LogP contribution is -2.41. The van der Waals surface area contributed by atoms with E-state index < -0.39 is 0 Å². The molecule has 0 saturated carbocycles. The summed E-state index contributed by atoms with van der Waals surface area (Å²) >= 11 is 0. The molecule has 1 aromatic carbocycles. The van der Waals surface area contributed by atoms with Gasteiger partial charge in [0, 0.05) is 6.61 Å². The number of nitrogens with one attached hydrogen (secondary N) is 1. The van der Waals surface area contributed by atoms with Gasteiger partial charge in [-0.15, -0.1) is 0 Å². The third kappa shape index (κ3) is 3.02. The Hall–Kier alpha value is -1.39. The molecule has 20 heavy (non-hydrogen) atoms. The molecule has 4 nitrogen and oxygen atoms in total. The number of hydrogen-bond acceptors (Lipinski definition) is 3. The second-order valence-electron chi connectivity index (χ2n) is 5.46. The van der Waals surface area contributed by atoms with Crippen LogP contribution in [0.4, 0.5) is 0 Å². The number of nitrogens with zero attached hydrogens (tertiary/aromatic N) is 1. The number of rotatable bonds is 5. The van der Waals surface area contributed by atoms with Gasteiger partial charge in [0.05, 0.1) is 18.7 Å². The van der Waals surface area contributed by atoms with E-state index in [1.54, 1.807) is 0 Å². The van der Waals surface area contributed by atoms with Crippen LogP contribution in [0.25, 0.3) is 0 Å². The first-order valence-corrected chi connectivity index (χ1v) is 7.27. The number of carbonyl (C=O) groups is 1. The summed E-state index contributed by atoms with van der Waals surface area (Å²) in [5.74, 6) is 0.141. The molecule has 4 heteroatoms. The summed E-state index contributed by atoms with van der Waals surface area (Å²) in [5, 5.41) is 3.37. The number of amides is 1. The Bertz CT molecular complexity index is 458. The van der Waals surface area contributed by atoms with Crippen molar-refractivity contribution in [3.63, 3.8) is 0 Å². The van der Waals surface area contributed by atoms with Crippen LogP contribution in [0, 0.1) is 6.92 Å². The minimum absolute atomic E-state index is 0.0613. The molecule has 1 fully saturated rings. The maximum absolute atomic E-state index is 12.4. The summed E-state index contributed by atoms with van der Waals surface area (Å²) in [6, 6.07) is 8.24. The Kier molecular flexibility index (Phi) is 4.78. The van der Waals surface area contributed by atoms with Crippen molar-refractivity contribution in [3.8, 4) is 0 Å². The molecule has 1 amide bonds. The highest BCUT2D eigenvalue weighted by atomic mass is 16.5. The van der Waals surface area contributed by atoms with E-state index in [9.17, 15) is 4.79 Å². The van der Waals surface area contributed by atoms with Crippen LogP contribution >= 0.6 is 0 Å². The Morgan fingerprint density at radius 3 is 2.60 bits per heavy atom. The zero-order valence-electron chi connectivity index (χ0n) is 12.7. The van der Waals surface area contributed by atoms with Gasteiger partial charge in [-0.1, -0.05) is 29.8 Å². The summed E-state index contributed by atoms with van der Waals surface area (Å²) in [4.78, 5) is 14.3. The van der Waals surface area contributed by atoms with E-state index in [4.69, 9.17) is 4.74 Å². The number of hydrogen-bond donors (Lipinski definition) is 1. The summed E-state index contributed by atoms with van der Waals surface area (Å²) in [6.45, 7) is 9.22. The van der Waals surface area contributed by atoms with Crippen molar-refractivity contribution in [1.82, 2.24) is 10.2 Å². The summed E-state index contributed by atoms with van der Waals surface area (Å²) in [5.41, 5.74) is 2.34. The average molecular weight is 276 g/mol. The molecule has 0 radical (unpaired) electrons. The van der Waals surface area contributed by atoms with Crippen LogP contribution in [0.3, 0.4) is 0 Å². The van der Waals surface area contributed by atoms with Crippen molar-refractivity contribution in [2.24, 2.45) is 0 Å². The predicted molar refractivity (Wildman–Crippen MR) is 79.3 cm³/mol. The molecule has 1 aromatic rings. The van der Waals surface area contributed by atoms with Gasteiger partial charge in [0.25, 0.3) is 0 Å². The third-order valence-corrected chi connectivity index (χ3v) is 3.74. The highest BCUT2D eigenvalue weighted by Crippen LogP contribution is 2.27. The van der Waals surface area contributed by atoms with E-state index in [1.807, 2.05) is 25.7 Å². The van der Waals surface area contributed by atoms with Gasteiger partial charge >= 0.3 is 0 Å². The minimum Gasteiger partial charge on any atom is -0.380 e. The predicted octanol–water partition coefficient (Wildman–Crippen LogP) is 2.24. The number of carbonyl (C=O) groups excluding carboxylic acids is 1. The molecule has 0 aromatic heterocycles. The van der Waals surface area contributed by atoms with Crippen molar-refractivity contribution < 1.29 is 9.53 Å². The molecule has 1 saturated heterocycles. The first-order chi connectivity index (χ1) is 9.54. The zero-order chi connectivity index (χ0) is 14.7. The molecule has 1 N–H and O–H groups in total.